The number of carboxylic acid groups (broad SMARTS) is 1. The molecular weight excluding hydrogens is 254 g/mol. The molecule has 2 rings (SSSR count). The van der Waals surface area contributed by atoms with E-state index in [1.54, 1.807) is 7.11 Å². The van der Waals surface area contributed by atoms with Crippen LogP contribution in [0.1, 0.15) is 31.2 Å². The summed E-state index contributed by atoms with van der Waals surface area (Å²) in [5.74, 6) is 0.626. The molecular formula is C16H23NO3. The van der Waals surface area contributed by atoms with E-state index in [9.17, 15) is 9.90 Å². The highest BCUT2D eigenvalue weighted by Gasteiger charge is 2.41. The van der Waals surface area contributed by atoms with E-state index in [2.05, 4.69) is 0 Å². The van der Waals surface area contributed by atoms with Crippen molar-refractivity contribution in [1.82, 2.24) is 0 Å². The fraction of sp³-hybridized carbons (Fsp3) is 0.562. The molecule has 3 N–H and O–H groups in total. The Morgan fingerprint density at radius 1 is 1.40 bits per heavy atom. The number of carbonyl (C=O) groups is 1. The molecule has 0 aromatic heterocycles. The van der Waals surface area contributed by atoms with Gasteiger partial charge >= 0.3 is 5.97 Å². The lowest BCUT2D eigenvalue weighted by Crippen LogP contribution is -2.39. The van der Waals surface area contributed by atoms with Gasteiger partial charge < -0.3 is 15.6 Å². The van der Waals surface area contributed by atoms with E-state index in [-0.39, 0.29) is 6.54 Å². The van der Waals surface area contributed by atoms with Crippen LogP contribution < -0.4 is 10.5 Å². The highest BCUT2D eigenvalue weighted by Crippen LogP contribution is 2.42. The first-order chi connectivity index (χ1) is 9.59. The number of hydrogen-bond acceptors (Lipinski definition) is 3. The minimum Gasteiger partial charge on any atom is -0.497 e. The SMILES string of the molecule is COc1ccc(CCC(CN)(CC2CC2)C(=O)O)cc1. The smallest absolute Gasteiger partial charge is 0.310 e. The summed E-state index contributed by atoms with van der Waals surface area (Å²) < 4.78 is 5.12. The molecule has 0 heterocycles. The van der Waals surface area contributed by atoms with Crippen LogP contribution in [0.4, 0.5) is 0 Å². The fourth-order valence-electron chi connectivity index (χ4n) is 2.62. The van der Waals surface area contributed by atoms with Crippen LogP contribution in [0.3, 0.4) is 0 Å². The second-order valence-corrected chi connectivity index (χ2v) is 5.79. The molecule has 1 atom stereocenters. The van der Waals surface area contributed by atoms with Crippen LogP contribution in [0.5, 0.6) is 5.75 Å². The van der Waals surface area contributed by atoms with Crippen molar-refractivity contribution in [2.75, 3.05) is 13.7 Å². The van der Waals surface area contributed by atoms with Crippen LogP contribution in [-0.2, 0) is 11.2 Å². The number of rotatable bonds is 8. The average Bonchev–Trinajstić information content (AvgIpc) is 3.27. The van der Waals surface area contributed by atoms with Gasteiger partial charge in [0.15, 0.2) is 0 Å². The van der Waals surface area contributed by atoms with Crippen LogP contribution in [0.25, 0.3) is 0 Å². The average molecular weight is 277 g/mol. The molecule has 0 amide bonds. The van der Waals surface area contributed by atoms with Gasteiger partial charge in [-0.15, -0.1) is 0 Å². The van der Waals surface area contributed by atoms with Gasteiger partial charge in [-0.25, -0.2) is 0 Å². The van der Waals surface area contributed by atoms with Crippen LogP contribution >= 0.6 is 0 Å². The van der Waals surface area contributed by atoms with Crippen molar-refractivity contribution in [3.8, 4) is 5.75 Å². The Morgan fingerprint density at radius 2 is 2.05 bits per heavy atom. The van der Waals surface area contributed by atoms with Gasteiger partial charge in [0.25, 0.3) is 0 Å². The Kier molecular flexibility index (Phi) is 4.65. The zero-order valence-corrected chi connectivity index (χ0v) is 12.0. The third-order valence-electron chi connectivity index (χ3n) is 4.27. The third kappa shape index (κ3) is 3.51. The van der Waals surface area contributed by atoms with Crippen LogP contribution in [0.15, 0.2) is 24.3 Å². The van der Waals surface area contributed by atoms with Crippen molar-refractivity contribution < 1.29 is 14.6 Å². The molecule has 1 aromatic carbocycles. The van der Waals surface area contributed by atoms with E-state index < -0.39 is 11.4 Å². The van der Waals surface area contributed by atoms with Crippen molar-refractivity contribution in [3.05, 3.63) is 29.8 Å². The summed E-state index contributed by atoms with van der Waals surface area (Å²) in [4.78, 5) is 11.6. The first kappa shape index (κ1) is 14.9. The van der Waals surface area contributed by atoms with E-state index in [1.807, 2.05) is 24.3 Å². The Morgan fingerprint density at radius 3 is 2.50 bits per heavy atom. The minimum absolute atomic E-state index is 0.217. The third-order valence-corrected chi connectivity index (χ3v) is 4.27. The van der Waals surface area contributed by atoms with Crippen molar-refractivity contribution in [2.45, 2.75) is 32.1 Å². The summed E-state index contributed by atoms with van der Waals surface area (Å²) in [5, 5.41) is 9.56. The van der Waals surface area contributed by atoms with Crippen LogP contribution in [0.2, 0.25) is 0 Å². The number of hydrogen-bond donors (Lipinski definition) is 2. The number of methoxy groups -OCH3 is 1. The number of ether oxygens (including phenoxy) is 1. The molecule has 20 heavy (non-hydrogen) atoms. The molecule has 4 heteroatoms. The van der Waals surface area contributed by atoms with Crippen molar-refractivity contribution in [1.29, 1.82) is 0 Å². The van der Waals surface area contributed by atoms with E-state index in [0.29, 0.717) is 12.3 Å². The summed E-state index contributed by atoms with van der Waals surface area (Å²) in [6, 6.07) is 7.78. The fourth-order valence-corrected chi connectivity index (χ4v) is 2.62. The van der Waals surface area contributed by atoms with Gasteiger partial charge in [0.05, 0.1) is 12.5 Å². The van der Waals surface area contributed by atoms with Crippen LogP contribution in [0, 0.1) is 11.3 Å². The summed E-state index contributed by atoms with van der Waals surface area (Å²) in [5.41, 5.74) is 6.16. The van der Waals surface area contributed by atoms with E-state index in [1.165, 1.54) is 0 Å². The Bertz CT molecular complexity index is 453. The number of aryl methyl sites for hydroxylation is 1. The summed E-state index contributed by atoms with van der Waals surface area (Å²) in [7, 11) is 1.63. The normalized spacial score (nSPS) is 17.5. The monoisotopic (exact) mass is 277 g/mol. The van der Waals surface area contributed by atoms with Gasteiger partial charge in [0.1, 0.15) is 5.75 Å². The van der Waals surface area contributed by atoms with Crippen molar-refractivity contribution in [2.24, 2.45) is 17.1 Å². The highest BCUT2D eigenvalue weighted by atomic mass is 16.5. The van der Waals surface area contributed by atoms with Gasteiger partial charge in [0, 0.05) is 6.54 Å². The predicted molar refractivity (Wildman–Crippen MR) is 77.8 cm³/mol. The van der Waals surface area contributed by atoms with Crippen molar-refractivity contribution in [3.63, 3.8) is 0 Å². The maximum absolute atomic E-state index is 11.6. The topological polar surface area (TPSA) is 72.5 Å². The van der Waals surface area contributed by atoms with Gasteiger partial charge in [0.2, 0.25) is 0 Å². The van der Waals surface area contributed by atoms with Gasteiger partial charge in [-0.1, -0.05) is 25.0 Å². The Hall–Kier alpha value is -1.55. The quantitative estimate of drug-likeness (QED) is 0.765. The van der Waals surface area contributed by atoms with E-state index in [0.717, 1.165) is 37.0 Å². The lowest BCUT2D eigenvalue weighted by molar-refractivity contribution is -0.149. The molecule has 1 aliphatic rings. The maximum Gasteiger partial charge on any atom is 0.310 e. The predicted octanol–water partition coefficient (Wildman–Crippen LogP) is 2.46. The standard InChI is InChI=1S/C16H23NO3/c1-20-14-6-4-12(5-7-14)8-9-16(11-17,15(18)19)10-13-2-3-13/h4-7,13H,2-3,8-11,17H2,1H3,(H,18,19). The molecule has 0 radical (unpaired) electrons. The number of aliphatic carboxylic acids is 1. The molecule has 110 valence electrons. The largest absolute Gasteiger partial charge is 0.497 e. The Balaban J connectivity index is 2.01. The zero-order chi connectivity index (χ0) is 14.6. The minimum atomic E-state index is -0.763. The summed E-state index contributed by atoms with van der Waals surface area (Å²) in [6.45, 7) is 0.217. The molecule has 0 bridgehead atoms. The summed E-state index contributed by atoms with van der Waals surface area (Å²) in [6.07, 6.45) is 4.35. The van der Waals surface area contributed by atoms with Gasteiger partial charge in [-0.2, -0.15) is 0 Å². The molecule has 4 nitrogen and oxygen atoms in total. The molecule has 1 fully saturated rings. The molecule has 0 saturated heterocycles. The molecule has 1 saturated carbocycles. The lowest BCUT2D eigenvalue weighted by atomic mass is 9.77. The second kappa shape index (κ2) is 6.27. The molecule has 1 unspecified atom stereocenters. The first-order valence-electron chi connectivity index (χ1n) is 7.16. The molecule has 1 aliphatic carbocycles. The lowest BCUT2D eigenvalue weighted by Gasteiger charge is -2.28. The number of carboxylic acids is 1. The number of nitrogens with two attached hydrogens (primary N) is 1. The Labute approximate surface area is 119 Å². The maximum atomic E-state index is 11.6. The van der Waals surface area contributed by atoms with Crippen LogP contribution in [-0.4, -0.2) is 24.7 Å². The van der Waals surface area contributed by atoms with E-state index in [4.69, 9.17) is 10.5 Å². The highest BCUT2D eigenvalue weighted by molar-refractivity contribution is 5.75. The van der Waals surface area contributed by atoms with Crippen molar-refractivity contribution >= 4 is 5.97 Å². The summed E-state index contributed by atoms with van der Waals surface area (Å²) >= 11 is 0. The zero-order valence-electron chi connectivity index (χ0n) is 12.0. The molecule has 0 spiro atoms. The number of benzene rings is 1. The second-order valence-electron chi connectivity index (χ2n) is 5.79. The molecule has 1 aromatic rings. The first-order valence-corrected chi connectivity index (χ1v) is 7.16. The van der Waals surface area contributed by atoms with E-state index >= 15 is 0 Å². The molecule has 0 aliphatic heterocycles. The van der Waals surface area contributed by atoms with Gasteiger partial charge in [-0.05, 0) is 42.9 Å². The van der Waals surface area contributed by atoms with Gasteiger partial charge in [-0.3, -0.25) is 4.79 Å².